The van der Waals surface area contributed by atoms with Crippen molar-refractivity contribution < 1.29 is 9.90 Å². The lowest BCUT2D eigenvalue weighted by atomic mass is 9.84. The van der Waals surface area contributed by atoms with E-state index in [2.05, 4.69) is 38.7 Å². The van der Waals surface area contributed by atoms with Gasteiger partial charge in [-0.15, -0.1) is 0 Å². The fourth-order valence-electron chi connectivity index (χ4n) is 6.03. The molecule has 5 nitrogen and oxygen atoms in total. The number of benzene rings is 1. The average molecular weight is 380 g/mol. The Labute approximate surface area is 166 Å². The summed E-state index contributed by atoms with van der Waals surface area (Å²) in [4.78, 5) is 19.3. The summed E-state index contributed by atoms with van der Waals surface area (Å²) in [6, 6.07) is 9.14. The van der Waals surface area contributed by atoms with Crippen LogP contribution in [0.25, 0.3) is 11.3 Å². The van der Waals surface area contributed by atoms with Crippen molar-refractivity contribution >= 4 is 5.97 Å². The maximum Gasteiger partial charge on any atom is 0.324 e. The van der Waals surface area contributed by atoms with Crippen molar-refractivity contribution in [2.75, 3.05) is 6.54 Å². The zero-order chi connectivity index (χ0) is 19.1. The maximum absolute atomic E-state index is 12.6. The summed E-state index contributed by atoms with van der Waals surface area (Å²) in [6.07, 6.45) is 13.3. The number of likely N-dealkylation sites (tertiary alicyclic amines) is 1. The Kier molecular flexibility index (Phi) is 4.50. The number of fused-ring (bicyclic) bond motifs is 3. The number of aromatic nitrogens is 2. The van der Waals surface area contributed by atoms with Crippen LogP contribution in [-0.2, 0) is 4.79 Å². The minimum Gasteiger partial charge on any atom is -0.480 e. The van der Waals surface area contributed by atoms with Crippen LogP contribution in [0.4, 0.5) is 0 Å². The van der Waals surface area contributed by atoms with Crippen molar-refractivity contribution in [3.05, 3.63) is 42.4 Å². The lowest BCUT2D eigenvalue weighted by Crippen LogP contribution is -2.55. The first-order valence-electron chi connectivity index (χ1n) is 10.8. The average Bonchev–Trinajstić information content (AvgIpc) is 3.42. The van der Waals surface area contributed by atoms with E-state index in [1.807, 2.05) is 12.5 Å². The van der Waals surface area contributed by atoms with E-state index in [0.29, 0.717) is 12.5 Å². The molecule has 0 spiro atoms. The maximum atomic E-state index is 12.6. The van der Waals surface area contributed by atoms with Crippen molar-refractivity contribution in [3.8, 4) is 11.3 Å². The van der Waals surface area contributed by atoms with E-state index in [4.69, 9.17) is 0 Å². The van der Waals surface area contributed by atoms with Crippen molar-refractivity contribution in [3.63, 3.8) is 0 Å². The van der Waals surface area contributed by atoms with Crippen molar-refractivity contribution in [1.82, 2.24) is 14.5 Å². The molecule has 0 bridgehead atoms. The normalized spacial score (nSPS) is 27.6. The van der Waals surface area contributed by atoms with Gasteiger partial charge in [0.1, 0.15) is 5.54 Å². The molecule has 1 aliphatic carbocycles. The van der Waals surface area contributed by atoms with Gasteiger partial charge in [0.05, 0.1) is 24.3 Å². The molecule has 1 saturated heterocycles. The van der Waals surface area contributed by atoms with Crippen LogP contribution in [0.5, 0.6) is 0 Å². The predicted molar refractivity (Wildman–Crippen MR) is 108 cm³/mol. The highest BCUT2D eigenvalue weighted by Gasteiger charge is 2.50. The number of nitrogens with zero attached hydrogens (tertiary/aromatic N) is 3. The van der Waals surface area contributed by atoms with E-state index >= 15 is 0 Å². The fourth-order valence-corrected chi connectivity index (χ4v) is 6.03. The summed E-state index contributed by atoms with van der Waals surface area (Å²) in [5.41, 5.74) is 3.01. The quantitative estimate of drug-likeness (QED) is 0.832. The van der Waals surface area contributed by atoms with Crippen molar-refractivity contribution in [2.24, 2.45) is 0 Å². The van der Waals surface area contributed by atoms with E-state index in [-0.39, 0.29) is 6.04 Å². The second-order valence-corrected chi connectivity index (χ2v) is 8.75. The van der Waals surface area contributed by atoms with Gasteiger partial charge >= 0.3 is 5.97 Å². The predicted octanol–water partition coefficient (Wildman–Crippen LogP) is 4.49. The molecule has 3 aliphatic rings. The molecule has 1 aromatic carbocycles. The van der Waals surface area contributed by atoms with Gasteiger partial charge in [0, 0.05) is 11.6 Å². The van der Waals surface area contributed by atoms with Gasteiger partial charge in [-0.3, -0.25) is 9.69 Å². The lowest BCUT2D eigenvalue weighted by molar-refractivity contribution is -0.152. The largest absolute Gasteiger partial charge is 0.480 e. The summed E-state index contributed by atoms with van der Waals surface area (Å²) in [7, 11) is 0. The summed E-state index contributed by atoms with van der Waals surface area (Å²) >= 11 is 0. The van der Waals surface area contributed by atoms with Gasteiger partial charge < -0.3 is 9.67 Å². The highest BCUT2D eigenvalue weighted by atomic mass is 16.4. The Balaban J connectivity index is 1.42. The first kappa shape index (κ1) is 17.9. The van der Waals surface area contributed by atoms with Gasteiger partial charge in [0.2, 0.25) is 0 Å². The third-order valence-corrected chi connectivity index (χ3v) is 7.38. The van der Waals surface area contributed by atoms with E-state index in [1.165, 1.54) is 30.4 Å². The van der Waals surface area contributed by atoms with Gasteiger partial charge in [-0.1, -0.05) is 43.5 Å². The Hall–Kier alpha value is -2.14. The molecule has 2 atom stereocenters. The van der Waals surface area contributed by atoms with E-state index in [1.54, 1.807) is 0 Å². The molecule has 2 fully saturated rings. The molecular weight excluding hydrogens is 350 g/mol. The number of carboxylic acid groups (broad SMARTS) is 1. The Morgan fingerprint density at radius 1 is 1.18 bits per heavy atom. The van der Waals surface area contributed by atoms with Crippen LogP contribution in [0.15, 0.2) is 36.8 Å². The molecule has 3 heterocycles. The van der Waals surface area contributed by atoms with Gasteiger partial charge in [0.15, 0.2) is 0 Å². The van der Waals surface area contributed by atoms with E-state index in [9.17, 15) is 9.90 Å². The first-order chi connectivity index (χ1) is 13.7. The van der Waals surface area contributed by atoms with Crippen LogP contribution in [0.1, 0.15) is 69.4 Å². The summed E-state index contributed by atoms with van der Waals surface area (Å²) in [5.74, 6) is -0.618. The van der Waals surface area contributed by atoms with Gasteiger partial charge in [-0.05, 0) is 50.6 Å². The van der Waals surface area contributed by atoms with Gasteiger partial charge in [-0.2, -0.15) is 0 Å². The number of carboxylic acids is 1. The standard InChI is InChI=1S/C23H29N3O2/c27-22(28)23(12-6-14-26(23)17-7-2-1-3-8-17)13-11-20-18-9-4-5-10-19(18)21-15-24-16-25(20)21/h4-5,9-10,15-17,20H,1-3,6-8,11-14H2,(H,27,28)/t20?,23-/m0/s1. The zero-order valence-corrected chi connectivity index (χ0v) is 16.4. The minimum absolute atomic E-state index is 0.193. The first-order valence-corrected chi connectivity index (χ1v) is 10.8. The van der Waals surface area contributed by atoms with Crippen LogP contribution in [0.2, 0.25) is 0 Å². The highest BCUT2D eigenvalue weighted by Crippen LogP contribution is 2.45. The zero-order valence-electron chi connectivity index (χ0n) is 16.4. The minimum atomic E-state index is -0.694. The number of aliphatic carboxylic acids is 1. The SMILES string of the molecule is O=C(O)[C@@]1(CCC2c3ccccc3-c3cncn32)CCCN1C1CCCCC1. The van der Waals surface area contributed by atoms with Crippen LogP contribution >= 0.6 is 0 Å². The Morgan fingerprint density at radius 3 is 2.82 bits per heavy atom. The van der Waals surface area contributed by atoms with Gasteiger partial charge in [-0.25, -0.2) is 4.98 Å². The van der Waals surface area contributed by atoms with E-state index in [0.717, 1.165) is 44.3 Å². The molecule has 2 aliphatic heterocycles. The molecule has 1 N–H and O–H groups in total. The molecule has 5 rings (SSSR count). The number of rotatable bonds is 5. The second-order valence-electron chi connectivity index (χ2n) is 8.75. The highest BCUT2D eigenvalue weighted by molar-refractivity contribution is 5.79. The monoisotopic (exact) mass is 379 g/mol. The Morgan fingerprint density at radius 2 is 2.00 bits per heavy atom. The molecule has 1 aromatic heterocycles. The fraction of sp³-hybridized carbons (Fsp3) is 0.565. The third kappa shape index (κ3) is 2.71. The molecular formula is C23H29N3O2. The summed E-state index contributed by atoms with van der Waals surface area (Å²) < 4.78 is 2.24. The number of hydrogen-bond acceptors (Lipinski definition) is 3. The Bertz CT molecular complexity index is 870. The molecule has 0 radical (unpaired) electrons. The topological polar surface area (TPSA) is 58.4 Å². The molecule has 1 unspecified atom stereocenters. The van der Waals surface area contributed by atoms with Crippen LogP contribution in [0, 0.1) is 0 Å². The molecule has 1 saturated carbocycles. The number of imidazole rings is 1. The van der Waals surface area contributed by atoms with Crippen LogP contribution in [0.3, 0.4) is 0 Å². The summed E-state index contributed by atoms with van der Waals surface area (Å²) in [5, 5.41) is 10.3. The molecule has 5 heteroatoms. The van der Waals surface area contributed by atoms with Crippen molar-refractivity contribution in [1.29, 1.82) is 0 Å². The third-order valence-electron chi connectivity index (χ3n) is 7.38. The molecule has 148 valence electrons. The molecule has 28 heavy (non-hydrogen) atoms. The number of carbonyl (C=O) groups is 1. The van der Waals surface area contributed by atoms with Crippen molar-refractivity contribution in [2.45, 2.75) is 75.4 Å². The number of hydrogen-bond donors (Lipinski definition) is 1. The summed E-state index contributed by atoms with van der Waals surface area (Å²) in [6.45, 7) is 0.939. The molecule has 2 aromatic rings. The molecule has 0 amide bonds. The van der Waals surface area contributed by atoms with E-state index < -0.39 is 11.5 Å². The smallest absolute Gasteiger partial charge is 0.324 e. The second kappa shape index (κ2) is 7.03. The van der Waals surface area contributed by atoms with Crippen LogP contribution < -0.4 is 0 Å². The van der Waals surface area contributed by atoms with Crippen LogP contribution in [-0.4, -0.2) is 43.7 Å². The van der Waals surface area contributed by atoms with Gasteiger partial charge in [0.25, 0.3) is 0 Å². The lowest BCUT2D eigenvalue weighted by Gasteiger charge is -2.42.